The lowest BCUT2D eigenvalue weighted by Crippen LogP contribution is -2.40. The second-order valence-corrected chi connectivity index (χ2v) is 3.84. The summed E-state index contributed by atoms with van der Waals surface area (Å²) in [6.45, 7) is 0. The van der Waals surface area contributed by atoms with E-state index in [9.17, 15) is 4.79 Å². The third-order valence-electron chi connectivity index (χ3n) is 0.956. The van der Waals surface area contributed by atoms with Gasteiger partial charge in [0.1, 0.15) is 0 Å². The molecule has 0 aromatic heterocycles. The summed E-state index contributed by atoms with van der Waals surface area (Å²) in [5.74, 6) is 0. The lowest BCUT2D eigenvalue weighted by molar-refractivity contribution is 0.126. The minimum absolute atomic E-state index is 1.32. The van der Waals surface area contributed by atoms with Gasteiger partial charge in [0, 0.05) is 21.3 Å². The summed E-state index contributed by atoms with van der Waals surface area (Å²) >= 11 is 0. The third kappa shape index (κ3) is 2.01. The summed E-state index contributed by atoms with van der Waals surface area (Å²) in [4.78, 5) is 9.80. The van der Waals surface area contributed by atoms with Crippen molar-refractivity contribution < 1.29 is 18.1 Å². The summed E-state index contributed by atoms with van der Waals surface area (Å²) in [5.41, 5.74) is 0. The molecule has 0 fully saturated rings. The smallest absolute Gasteiger partial charge is 0.358 e. The fourth-order valence-electron chi connectivity index (χ4n) is 0.443. The molecule has 0 saturated carbocycles. The predicted molar refractivity (Wildman–Crippen MR) is 34.9 cm³/mol. The number of hydrogen-bond acceptors (Lipinski definition) is 5. The Morgan fingerprint density at radius 1 is 1.20 bits per heavy atom. The van der Waals surface area contributed by atoms with Gasteiger partial charge in [-0.25, -0.2) is 4.79 Å². The Morgan fingerprint density at radius 2 is 1.60 bits per heavy atom. The first-order chi connectivity index (χ1) is 4.74. The number of hydrogen-bond donors (Lipinski definition) is 0. The van der Waals surface area contributed by atoms with Crippen molar-refractivity contribution in [2.75, 3.05) is 21.3 Å². The van der Waals surface area contributed by atoms with Crippen molar-refractivity contribution in [1.29, 1.82) is 0 Å². The van der Waals surface area contributed by atoms with Gasteiger partial charge in [-0.05, 0) is 0 Å². The van der Waals surface area contributed by atoms with Crippen LogP contribution in [-0.2, 0) is 18.1 Å². The van der Waals surface area contributed by atoms with E-state index in [1.54, 1.807) is 0 Å². The molecule has 0 N–H and O–H groups in total. The lowest BCUT2D eigenvalue weighted by Gasteiger charge is -2.15. The van der Waals surface area contributed by atoms with Crippen LogP contribution in [0.1, 0.15) is 0 Å². The Hall–Kier alpha value is -0.523. The largest absolute Gasteiger partial charge is 0.662 e. The van der Waals surface area contributed by atoms with Crippen molar-refractivity contribution >= 4 is 15.0 Å². The van der Waals surface area contributed by atoms with Crippen molar-refractivity contribution in [3.63, 3.8) is 0 Å². The molecule has 0 atom stereocenters. The van der Waals surface area contributed by atoms with Gasteiger partial charge >= 0.3 is 8.97 Å². The van der Waals surface area contributed by atoms with E-state index < -0.39 is 8.97 Å². The molecule has 0 aromatic rings. The zero-order valence-electron chi connectivity index (χ0n) is 6.08. The summed E-state index contributed by atoms with van der Waals surface area (Å²) in [6.07, 6.45) is 1.32. The second-order valence-electron chi connectivity index (χ2n) is 1.34. The normalized spacial score (nSPS) is 10.7. The molecule has 0 aromatic carbocycles. The van der Waals surface area contributed by atoms with Crippen LogP contribution in [0, 0.1) is 0 Å². The van der Waals surface area contributed by atoms with Crippen molar-refractivity contribution in [1.82, 2.24) is 0 Å². The van der Waals surface area contributed by atoms with E-state index in [0.717, 1.165) is 0 Å². The summed E-state index contributed by atoms with van der Waals surface area (Å²) in [6, 6.07) is 0. The van der Waals surface area contributed by atoms with Crippen LogP contribution in [0.25, 0.3) is 0 Å². The van der Waals surface area contributed by atoms with Gasteiger partial charge in [-0.2, -0.15) is 4.66 Å². The Kier molecular flexibility index (Phi) is 4.09. The molecular weight excluding hydrogens is 154 g/mol. The van der Waals surface area contributed by atoms with E-state index in [4.69, 9.17) is 13.3 Å². The van der Waals surface area contributed by atoms with E-state index in [1.807, 2.05) is 0 Å². The third-order valence-corrected chi connectivity index (χ3v) is 2.87. The van der Waals surface area contributed by atoms with E-state index in [0.29, 0.717) is 0 Å². The highest BCUT2D eigenvalue weighted by Gasteiger charge is 2.39. The van der Waals surface area contributed by atoms with Crippen LogP contribution >= 0.6 is 0 Å². The monoisotopic (exact) mass is 163 g/mol. The van der Waals surface area contributed by atoms with Gasteiger partial charge < -0.3 is 13.3 Å². The molecule has 0 aliphatic carbocycles. The molecule has 0 amide bonds. The molecule has 0 aliphatic heterocycles. The molecule has 0 spiro atoms. The molecule has 5 nitrogen and oxygen atoms in total. The van der Waals surface area contributed by atoms with E-state index in [2.05, 4.69) is 4.66 Å². The second kappa shape index (κ2) is 4.32. The maximum absolute atomic E-state index is 9.80. The molecule has 0 aliphatic rings. The Morgan fingerprint density at radius 3 is 1.70 bits per heavy atom. The van der Waals surface area contributed by atoms with Crippen LogP contribution in [-0.4, -0.2) is 36.4 Å². The van der Waals surface area contributed by atoms with Crippen LogP contribution in [0.4, 0.5) is 0 Å². The van der Waals surface area contributed by atoms with Crippen LogP contribution in [0.15, 0.2) is 4.66 Å². The Bertz CT molecular complexity index is 132. The van der Waals surface area contributed by atoms with Gasteiger partial charge in [0.25, 0.3) is 0 Å². The SMILES string of the molecule is CO[Si](N=C=O)(OC)OC. The Balaban J connectivity index is 4.29. The van der Waals surface area contributed by atoms with E-state index in [-0.39, 0.29) is 0 Å². The molecular formula is C4H9NO4Si. The molecule has 0 rings (SSSR count). The zero-order valence-corrected chi connectivity index (χ0v) is 7.08. The van der Waals surface area contributed by atoms with Gasteiger partial charge in [-0.3, -0.25) is 0 Å². The van der Waals surface area contributed by atoms with Gasteiger partial charge in [-0.1, -0.05) is 0 Å². The van der Waals surface area contributed by atoms with Crippen molar-refractivity contribution in [3.05, 3.63) is 0 Å². The molecule has 0 saturated heterocycles. The highest BCUT2D eigenvalue weighted by atomic mass is 28.4. The minimum atomic E-state index is -3.02. The van der Waals surface area contributed by atoms with Crippen LogP contribution in [0.2, 0.25) is 0 Å². The average molecular weight is 163 g/mol. The molecule has 0 unspecified atom stereocenters. The molecule has 10 heavy (non-hydrogen) atoms. The Labute approximate surface area is 60.1 Å². The molecule has 6 heteroatoms. The van der Waals surface area contributed by atoms with Gasteiger partial charge in [0.2, 0.25) is 6.08 Å². The molecule has 0 bridgehead atoms. The number of isocyanates is 1. The first-order valence-electron chi connectivity index (χ1n) is 2.49. The number of nitrogens with zero attached hydrogens (tertiary/aromatic N) is 1. The standard InChI is InChI=1S/C4H9NO4Si/c1-7-10(8-2,9-3)5-4-6/h1-3H3. The summed E-state index contributed by atoms with van der Waals surface area (Å²) < 4.78 is 17.5. The first-order valence-corrected chi connectivity index (χ1v) is 4.16. The number of carbonyl (C=O) groups excluding carboxylic acids is 1. The quantitative estimate of drug-likeness (QED) is 0.324. The highest BCUT2D eigenvalue weighted by molar-refractivity contribution is 6.59. The molecule has 58 valence electrons. The highest BCUT2D eigenvalue weighted by Crippen LogP contribution is 2.04. The van der Waals surface area contributed by atoms with Crippen molar-refractivity contribution in [3.8, 4) is 0 Å². The maximum Gasteiger partial charge on any atom is 0.662 e. The first kappa shape index (κ1) is 9.48. The van der Waals surface area contributed by atoms with E-state index in [1.165, 1.54) is 27.4 Å². The minimum Gasteiger partial charge on any atom is -0.358 e. The number of rotatable bonds is 4. The lowest BCUT2D eigenvalue weighted by atomic mass is 11.7. The maximum atomic E-state index is 9.80. The van der Waals surface area contributed by atoms with Crippen LogP contribution in [0.3, 0.4) is 0 Å². The van der Waals surface area contributed by atoms with Crippen molar-refractivity contribution in [2.24, 2.45) is 4.66 Å². The van der Waals surface area contributed by atoms with Gasteiger partial charge in [0.15, 0.2) is 0 Å². The topological polar surface area (TPSA) is 57.1 Å². The van der Waals surface area contributed by atoms with Gasteiger partial charge in [0.05, 0.1) is 0 Å². The van der Waals surface area contributed by atoms with Gasteiger partial charge in [-0.15, -0.1) is 0 Å². The summed E-state index contributed by atoms with van der Waals surface area (Å²) in [7, 11) is 1.07. The predicted octanol–water partition coefficient (Wildman–Crippen LogP) is -0.303. The van der Waals surface area contributed by atoms with Crippen LogP contribution in [0.5, 0.6) is 0 Å². The summed E-state index contributed by atoms with van der Waals surface area (Å²) in [5, 5.41) is 0. The average Bonchev–Trinajstić information content (AvgIpc) is 2.01. The molecule has 0 heterocycles. The fraction of sp³-hybridized carbons (Fsp3) is 0.750. The van der Waals surface area contributed by atoms with Crippen LogP contribution < -0.4 is 0 Å². The zero-order chi connectivity index (χ0) is 8.04. The van der Waals surface area contributed by atoms with Crippen molar-refractivity contribution in [2.45, 2.75) is 0 Å². The van der Waals surface area contributed by atoms with E-state index >= 15 is 0 Å². The molecule has 0 radical (unpaired) electrons. The fourth-order valence-corrected chi connectivity index (χ4v) is 1.33.